The van der Waals surface area contributed by atoms with Crippen LogP contribution in [0, 0.1) is 29.1 Å². The van der Waals surface area contributed by atoms with E-state index in [4.69, 9.17) is 0 Å². The SMILES string of the molecule is CC[C@@H](C)C(=O)N[C@@H](Cc1ccc(C#CC(=O)N[C@H]2C[C@@H](C(=O)N[C@@H]3CCCc4ccccc43)N(C(=O)[C@@H](CC(=O)[C@H](C)NC)C(C)(C)C)C2)cc1)C(=O)N1C[Si](C)(C)C[C@H]1C(=O)N[C@@H]1CCCc2ccccc21. The van der Waals surface area contributed by atoms with Crippen molar-refractivity contribution in [2.45, 2.75) is 167 Å². The zero-order valence-corrected chi connectivity index (χ0v) is 46.1. The minimum absolute atomic E-state index is 0.00398. The van der Waals surface area contributed by atoms with Crippen LogP contribution in [0.1, 0.15) is 132 Å². The predicted octanol–water partition coefficient (Wildman–Crippen LogP) is 6.27. The molecule has 3 aromatic rings. The van der Waals surface area contributed by atoms with Gasteiger partial charge in [0.2, 0.25) is 29.5 Å². The van der Waals surface area contributed by atoms with Crippen molar-refractivity contribution < 1.29 is 33.6 Å². The minimum atomic E-state index is -2.00. The molecule has 2 aliphatic heterocycles. The van der Waals surface area contributed by atoms with Crippen LogP contribution >= 0.6 is 0 Å². The van der Waals surface area contributed by atoms with Crippen LogP contribution in [0.3, 0.4) is 0 Å². The molecule has 0 radical (unpaired) electrons. The highest BCUT2D eigenvalue weighted by atomic mass is 28.3. The quantitative estimate of drug-likeness (QED) is 0.0821. The fourth-order valence-electron chi connectivity index (χ4n) is 11.2. The lowest BCUT2D eigenvalue weighted by Gasteiger charge is -2.36. The first kappa shape index (κ1) is 55.6. The number of hydrogen-bond donors (Lipinski definition) is 5. The Morgan fingerprint density at radius 3 is 1.91 bits per heavy atom. The molecule has 0 saturated carbocycles. The largest absolute Gasteiger partial charge is 0.348 e. The van der Waals surface area contributed by atoms with Crippen molar-refractivity contribution in [3.8, 4) is 11.8 Å². The maximum absolute atomic E-state index is 14.7. The topological polar surface area (TPSA) is 186 Å². The number of likely N-dealkylation sites (N-methyl/N-ethyl adjacent to an activating group) is 1. The molecule has 0 unspecified atom stereocenters. The van der Waals surface area contributed by atoms with E-state index in [1.54, 1.807) is 35.9 Å². The molecule has 2 fully saturated rings. The van der Waals surface area contributed by atoms with E-state index in [-0.39, 0.29) is 79.1 Å². The Morgan fingerprint density at radius 2 is 1.34 bits per heavy atom. The van der Waals surface area contributed by atoms with Gasteiger partial charge in [0.1, 0.15) is 23.9 Å². The van der Waals surface area contributed by atoms with Crippen molar-refractivity contribution in [1.82, 2.24) is 36.4 Å². The molecule has 2 aliphatic carbocycles. The summed E-state index contributed by atoms with van der Waals surface area (Å²) >= 11 is 0. The van der Waals surface area contributed by atoms with Gasteiger partial charge < -0.3 is 36.4 Å². The van der Waals surface area contributed by atoms with Crippen LogP contribution in [0.25, 0.3) is 0 Å². The molecular formula is C59H79N7O7Si. The van der Waals surface area contributed by atoms with Crippen LogP contribution in [0.15, 0.2) is 72.8 Å². The molecule has 6 amide bonds. The van der Waals surface area contributed by atoms with Crippen LogP contribution in [-0.4, -0.2) is 109 Å². The number of ketones is 1. The summed E-state index contributed by atoms with van der Waals surface area (Å²) in [6, 6.07) is 20.3. The summed E-state index contributed by atoms with van der Waals surface area (Å²) in [5.74, 6) is 2.69. The van der Waals surface area contributed by atoms with Gasteiger partial charge in [0.25, 0.3) is 5.91 Å². The number of carbonyl (C=O) groups excluding carboxylic acids is 7. The number of likely N-dealkylation sites (tertiary alicyclic amines) is 1. The van der Waals surface area contributed by atoms with Crippen LogP contribution in [0.2, 0.25) is 19.1 Å². The zero-order valence-electron chi connectivity index (χ0n) is 45.1. The van der Waals surface area contributed by atoms with Crippen LogP contribution in [0.5, 0.6) is 0 Å². The maximum Gasteiger partial charge on any atom is 0.296 e. The van der Waals surface area contributed by atoms with Gasteiger partial charge in [-0.2, -0.15) is 0 Å². The van der Waals surface area contributed by atoms with E-state index in [0.29, 0.717) is 24.2 Å². The van der Waals surface area contributed by atoms with E-state index in [2.05, 4.69) is 69.7 Å². The monoisotopic (exact) mass is 1030 g/mol. The standard InChI is InChI=1S/C59H79N7O7Si/c1-10-37(2)54(69)64-49(58(73)66-36-74(8,9)35-51(66)56(71)63-48-24-16-20-42-18-12-14-22-45(42)48)31-40-27-25-39(26-28-40)29-30-53(68)61-43-32-50(55(70)62-47-23-15-19-41-17-11-13-21-44(41)47)65(34-43)57(72)46(59(4,5)6)33-52(67)38(3)60-7/h11-14,17-18,21-22,25-28,37-38,43,46-51,60H,10,15-16,19-20,23-24,31-36H2,1-9H3,(H,61,68)(H,62,70)(H,63,71)(H,64,69)/t37-,38+,43+,46-,47-,48-,49+,50+,51+/m1/s1. The van der Waals surface area contributed by atoms with E-state index in [9.17, 15) is 33.6 Å². The zero-order chi connectivity index (χ0) is 53.5. The lowest BCUT2D eigenvalue weighted by molar-refractivity contribution is -0.146. The fraction of sp³-hybridized carbons (Fsp3) is 0.542. The molecule has 2 saturated heterocycles. The molecule has 14 nitrogen and oxygen atoms in total. The molecular weight excluding hydrogens is 947 g/mol. The number of benzene rings is 3. The molecule has 15 heteroatoms. The number of fused-ring (bicyclic) bond motifs is 2. The van der Waals surface area contributed by atoms with E-state index >= 15 is 0 Å². The molecule has 4 aliphatic rings. The Morgan fingerprint density at radius 1 is 0.757 bits per heavy atom. The molecule has 5 N–H and O–H groups in total. The van der Waals surface area contributed by atoms with Gasteiger partial charge in [-0.25, -0.2) is 0 Å². The van der Waals surface area contributed by atoms with Crippen molar-refractivity contribution in [3.05, 3.63) is 106 Å². The second-order valence-electron chi connectivity index (χ2n) is 23.2. The first-order valence-electron chi connectivity index (χ1n) is 26.9. The summed E-state index contributed by atoms with van der Waals surface area (Å²) in [7, 11) is -0.292. The number of nitrogens with zero attached hydrogens (tertiary/aromatic N) is 2. The molecule has 0 bridgehead atoms. The fourth-order valence-corrected chi connectivity index (χ4v) is 14.1. The van der Waals surface area contributed by atoms with E-state index < -0.39 is 55.5 Å². The molecule has 7 rings (SSSR count). The predicted molar refractivity (Wildman–Crippen MR) is 290 cm³/mol. The highest BCUT2D eigenvalue weighted by Gasteiger charge is 2.48. The Bertz CT molecular complexity index is 2640. The third-order valence-electron chi connectivity index (χ3n) is 16.0. The average molecular weight is 1030 g/mol. The number of nitrogens with one attached hydrogen (secondary N) is 5. The first-order chi connectivity index (χ1) is 35.2. The maximum atomic E-state index is 14.7. The van der Waals surface area contributed by atoms with E-state index in [0.717, 1.165) is 55.2 Å². The Hall–Kier alpha value is -6.11. The van der Waals surface area contributed by atoms with Gasteiger partial charge >= 0.3 is 0 Å². The minimum Gasteiger partial charge on any atom is -0.348 e. The average Bonchev–Trinajstić information content (AvgIpc) is 3.96. The van der Waals surface area contributed by atoms with E-state index in [1.165, 1.54) is 11.1 Å². The van der Waals surface area contributed by atoms with Crippen LogP contribution in [0.4, 0.5) is 0 Å². The highest BCUT2D eigenvalue weighted by molar-refractivity contribution is 6.79. The van der Waals surface area contributed by atoms with Gasteiger partial charge in [-0.1, -0.05) is 114 Å². The number of carbonyl (C=O) groups is 7. The Kier molecular flexibility index (Phi) is 18.1. The molecule has 0 aromatic heterocycles. The van der Waals surface area contributed by atoms with Crippen molar-refractivity contribution in [2.75, 3.05) is 19.8 Å². The van der Waals surface area contributed by atoms with Crippen molar-refractivity contribution in [3.63, 3.8) is 0 Å². The normalized spacial score (nSPS) is 22.6. The molecule has 74 heavy (non-hydrogen) atoms. The summed E-state index contributed by atoms with van der Waals surface area (Å²) < 4.78 is 0. The number of amides is 6. The van der Waals surface area contributed by atoms with Gasteiger partial charge in [0.15, 0.2) is 0 Å². The van der Waals surface area contributed by atoms with E-state index in [1.807, 2.05) is 77.1 Å². The van der Waals surface area contributed by atoms with Crippen molar-refractivity contribution >= 4 is 49.3 Å². The Labute approximate surface area is 439 Å². The number of hydrogen-bond acceptors (Lipinski definition) is 8. The van der Waals surface area contributed by atoms with Crippen molar-refractivity contribution in [1.29, 1.82) is 0 Å². The Balaban J connectivity index is 1.04. The smallest absolute Gasteiger partial charge is 0.296 e. The lowest BCUT2D eigenvalue weighted by Crippen LogP contribution is -2.55. The number of aryl methyl sites for hydroxylation is 2. The van der Waals surface area contributed by atoms with Crippen molar-refractivity contribution in [2.24, 2.45) is 17.3 Å². The molecule has 0 spiro atoms. The van der Waals surface area contributed by atoms with Gasteiger partial charge in [-0.15, -0.1) is 0 Å². The summed E-state index contributed by atoms with van der Waals surface area (Å²) in [6.07, 6.45) is 6.88. The molecule has 9 atom stereocenters. The second kappa shape index (κ2) is 24.0. The second-order valence-corrected chi connectivity index (χ2v) is 28.2. The van der Waals surface area contributed by atoms with Gasteiger partial charge in [-0.3, -0.25) is 33.6 Å². The third kappa shape index (κ3) is 13.6. The van der Waals surface area contributed by atoms with Gasteiger partial charge in [0, 0.05) is 54.9 Å². The lowest BCUT2D eigenvalue weighted by atomic mass is 9.76. The summed E-state index contributed by atoms with van der Waals surface area (Å²) in [6.45, 7) is 15.8. The summed E-state index contributed by atoms with van der Waals surface area (Å²) in [5.41, 5.74) is 5.35. The van der Waals surface area contributed by atoms with Crippen LogP contribution < -0.4 is 26.6 Å². The summed E-state index contributed by atoms with van der Waals surface area (Å²) in [4.78, 5) is 101. The first-order valence-corrected chi connectivity index (χ1v) is 30.4. The summed E-state index contributed by atoms with van der Waals surface area (Å²) in [5, 5.41) is 15.5. The molecule has 396 valence electrons. The molecule has 3 aromatic carbocycles. The van der Waals surface area contributed by atoms with Gasteiger partial charge in [0.05, 0.1) is 26.2 Å². The molecule has 2 heterocycles. The highest BCUT2D eigenvalue weighted by Crippen LogP contribution is 2.36. The van der Waals surface area contributed by atoms with Gasteiger partial charge in [-0.05, 0) is 117 Å². The number of Topliss-reactive ketones (excluding diaryl/α,β-unsaturated/α-hetero) is 1. The van der Waals surface area contributed by atoms with Crippen LogP contribution in [-0.2, 0) is 52.8 Å². The third-order valence-corrected chi connectivity index (χ3v) is 18.6. The number of rotatable bonds is 16.